The van der Waals surface area contributed by atoms with Gasteiger partial charge in [0.15, 0.2) is 0 Å². The molecule has 0 saturated heterocycles. The molecule has 118 valence electrons. The number of thioether (sulfide) groups is 1. The molecule has 0 amide bonds. The SMILES string of the molecule is CNC(CSCC(=O)OC(C)(C)C)c1cc(C)cc(C)c1. The van der Waals surface area contributed by atoms with Crippen molar-refractivity contribution in [3.8, 4) is 0 Å². The van der Waals surface area contributed by atoms with Gasteiger partial charge in [0.05, 0.1) is 5.75 Å². The Balaban J connectivity index is 2.53. The second kappa shape index (κ2) is 7.85. The maximum Gasteiger partial charge on any atom is 0.316 e. The van der Waals surface area contributed by atoms with Crippen molar-refractivity contribution in [3.63, 3.8) is 0 Å². The van der Waals surface area contributed by atoms with E-state index < -0.39 is 5.60 Å². The van der Waals surface area contributed by atoms with Crippen LogP contribution in [-0.2, 0) is 9.53 Å². The molecule has 4 heteroatoms. The smallest absolute Gasteiger partial charge is 0.316 e. The Labute approximate surface area is 132 Å². The molecule has 0 aliphatic rings. The number of carbonyl (C=O) groups excluding carboxylic acids is 1. The zero-order chi connectivity index (χ0) is 16.0. The van der Waals surface area contributed by atoms with Crippen molar-refractivity contribution in [2.75, 3.05) is 18.6 Å². The molecule has 1 aromatic rings. The van der Waals surface area contributed by atoms with Gasteiger partial charge in [0.2, 0.25) is 0 Å². The predicted octanol–water partition coefficient (Wildman–Crippen LogP) is 3.64. The third-order valence-corrected chi connectivity index (χ3v) is 3.93. The summed E-state index contributed by atoms with van der Waals surface area (Å²) < 4.78 is 5.32. The van der Waals surface area contributed by atoms with Crippen LogP contribution in [0.4, 0.5) is 0 Å². The average Bonchev–Trinajstić information content (AvgIpc) is 2.31. The number of ether oxygens (including phenoxy) is 1. The molecule has 1 rings (SSSR count). The number of esters is 1. The molecule has 1 aromatic carbocycles. The molecule has 0 aromatic heterocycles. The minimum absolute atomic E-state index is 0.150. The number of nitrogens with one attached hydrogen (secondary N) is 1. The first-order chi connectivity index (χ1) is 9.71. The highest BCUT2D eigenvalue weighted by atomic mass is 32.2. The standard InChI is InChI=1S/C17H27NO2S/c1-12-7-13(2)9-14(8-12)15(18-6)10-21-11-16(19)20-17(3,4)5/h7-9,15,18H,10-11H2,1-6H3. The zero-order valence-corrected chi connectivity index (χ0v) is 14.8. The van der Waals surface area contributed by atoms with Gasteiger partial charge in [-0.1, -0.05) is 29.3 Å². The molecule has 0 heterocycles. The van der Waals surface area contributed by atoms with Gasteiger partial charge in [-0.15, -0.1) is 11.8 Å². The van der Waals surface area contributed by atoms with Gasteiger partial charge < -0.3 is 10.1 Å². The van der Waals surface area contributed by atoms with Gasteiger partial charge in [-0.25, -0.2) is 0 Å². The third-order valence-electron chi connectivity index (χ3n) is 2.92. The monoisotopic (exact) mass is 309 g/mol. The Morgan fingerprint density at radius 3 is 2.29 bits per heavy atom. The van der Waals surface area contributed by atoms with Crippen LogP contribution in [0.2, 0.25) is 0 Å². The lowest BCUT2D eigenvalue weighted by molar-refractivity contribution is -0.151. The van der Waals surface area contributed by atoms with Gasteiger partial charge in [-0.3, -0.25) is 4.79 Å². The van der Waals surface area contributed by atoms with E-state index in [1.54, 1.807) is 11.8 Å². The molecule has 1 N–H and O–H groups in total. The van der Waals surface area contributed by atoms with Crippen LogP contribution in [-0.4, -0.2) is 30.1 Å². The van der Waals surface area contributed by atoms with Crippen molar-refractivity contribution < 1.29 is 9.53 Å². The lowest BCUT2D eigenvalue weighted by atomic mass is 10.0. The van der Waals surface area contributed by atoms with Crippen LogP contribution in [0.15, 0.2) is 18.2 Å². The third kappa shape index (κ3) is 7.00. The largest absolute Gasteiger partial charge is 0.459 e. The normalized spacial score (nSPS) is 13.0. The molecule has 0 bridgehead atoms. The first-order valence-electron chi connectivity index (χ1n) is 7.26. The fourth-order valence-electron chi connectivity index (χ4n) is 2.19. The number of aryl methyl sites for hydroxylation is 2. The highest BCUT2D eigenvalue weighted by Crippen LogP contribution is 2.21. The molecular weight excluding hydrogens is 282 g/mol. The summed E-state index contributed by atoms with van der Waals surface area (Å²) in [5.74, 6) is 1.08. The van der Waals surface area contributed by atoms with Crippen LogP contribution in [0.1, 0.15) is 43.5 Å². The van der Waals surface area contributed by atoms with Gasteiger partial charge in [0, 0.05) is 11.8 Å². The van der Waals surface area contributed by atoms with E-state index >= 15 is 0 Å². The topological polar surface area (TPSA) is 38.3 Å². The lowest BCUT2D eigenvalue weighted by Crippen LogP contribution is -2.25. The van der Waals surface area contributed by atoms with Crippen LogP contribution in [0.5, 0.6) is 0 Å². The van der Waals surface area contributed by atoms with Crippen molar-refractivity contribution in [3.05, 3.63) is 34.9 Å². The molecule has 1 atom stereocenters. The summed E-state index contributed by atoms with van der Waals surface area (Å²) in [7, 11) is 1.95. The number of benzene rings is 1. The summed E-state index contributed by atoms with van der Waals surface area (Å²) >= 11 is 1.60. The van der Waals surface area contributed by atoms with Gasteiger partial charge in [-0.05, 0) is 47.2 Å². The fourth-order valence-corrected chi connectivity index (χ4v) is 3.13. The Morgan fingerprint density at radius 2 is 1.81 bits per heavy atom. The zero-order valence-electron chi connectivity index (χ0n) is 13.9. The Kier molecular flexibility index (Phi) is 6.75. The molecular formula is C17H27NO2S. The van der Waals surface area contributed by atoms with Crippen LogP contribution in [0.3, 0.4) is 0 Å². The summed E-state index contributed by atoms with van der Waals surface area (Å²) in [6.07, 6.45) is 0. The van der Waals surface area contributed by atoms with E-state index in [0.29, 0.717) is 5.75 Å². The Morgan fingerprint density at radius 1 is 1.24 bits per heavy atom. The van der Waals surface area contributed by atoms with Crippen molar-refractivity contribution in [2.24, 2.45) is 0 Å². The summed E-state index contributed by atoms with van der Waals surface area (Å²) in [6.45, 7) is 9.89. The molecule has 1 unspecified atom stereocenters. The molecule has 0 spiro atoms. The van der Waals surface area contributed by atoms with Crippen LogP contribution in [0, 0.1) is 13.8 Å². The van der Waals surface area contributed by atoms with Gasteiger partial charge in [0.1, 0.15) is 5.60 Å². The Hall–Kier alpha value is -1.00. The van der Waals surface area contributed by atoms with Crippen LogP contribution < -0.4 is 5.32 Å². The number of carbonyl (C=O) groups is 1. The van der Waals surface area contributed by atoms with E-state index in [9.17, 15) is 4.79 Å². The van der Waals surface area contributed by atoms with E-state index in [1.807, 2.05) is 27.8 Å². The van der Waals surface area contributed by atoms with Crippen molar-refractivity contribution in [2.45, 2.75) is 46.3 Å². The summed E-state index contributed by atoms with van der Waals surface area (Å²) in [5, 5.41) is 3.32. The molecule has 0 aliphatic heterocycles. The first-order valence-corrected chi connectivity index (χ1v) is 8.42. The Bertz CT molecular complexity index is 460. The van der Waals surface area contributed by atoms with Gasteiger partial charge >= 0.3 is 5.97 Å². The molecule has 3 nitrogen and oxygen atoms in total. The van der Waals surface area contributed by atoms with E-state index in [-0.39, 0.29) is 12.0 Å². The fraction of sp³-hybridized carbons (Fsp3) is 0.588. The van der Waals surface area contributed by atoms with E-state index in [1.165, 1.54) is 16.7 Å². The minimum Gasteiger partial charge on any atom is -0.459 e. The number of hydrogen-bond acceptors (Lipinski definition) is 4. The molecule has 0 saturated carbocycles. The van der Waals surface area contributed by atoms with E-state index in [2.05, 4.69) is 37.4 Å². The average molecular weight is 309 g/mol. The lowest BCUT2D eigenvalue weighted by Gasteiger charge is -2.20. The van der Waals surface area contributed by atoms with Crippen molar-refractivity contribution in [1.82, 2.24) is 5.32 Å². The van der Waals surface area contributed by atoms with E-state index in [4.69, 9.17) is 4.74 Å². The highest BCUT2D eigenvalue weighted by molar-refractivity contribution is 7.99. The van der Waals surface area contributed by atoms with Crippen molar-refractivity contribution >= 4 is 17.7 Å². The second-order valence-electron chi connectivity index (χ2n) is 6.36. The summed E-state index contributed by atoms with van der Waals surface area (Å²) in [6, 6.07) is 6.81. The number of hydrogen-bond donors (Lipinski definition) is 1. The second-order valence-corrected chi connectivity index (χ2v) is 7.39. The molecule has 0 radical (unpaired) electrons. The maximum absolute atomic E-state index is 11.7. The summed E-state index contributed by atoms with van der Waals surface area (Å²) in [5.41, 5.74) is 3.39. The summed E-state index contributed by atoms with van der Waals surface area (Å²) in [4.78, 5) is 11.7. The highest BCUT2D eigenvalue weighted by Gasteiger charge is 2.17. The first kappa shape index (κ1) is 18.1. The minimum atomic E-state index is -0.409. The van der Waals surface area contributed by atoms with E-state index in [0.717, 1.165) is 5.75 Å². The van der Waals surface area contributed by atoms with Crippen LogP contribution in [0.25, 0.3) is 0 Å². The van der Waals surface area contributed by atoms with Crippen LogP contribution >= 0.6 is 11.8 Å². The molecule has 21 heavy (non-hydrogen) atoms. The maximum atomic E-state index is 11.7. The van der Waals surface area contributed by atoms with Gasteiger partial charge in [-0.2, -0.15) is 0 Å². The molecule has 0 fully saturated rings. The van der Waals surface area contributed by atoms with Crippen molar-refractivity contribution in [1.29, 1.82) is 0 Å². The number of rotatable bonds is 6. The van der Waals surface area contributed by atoms with Gasteiger partial charge in [0.25, 0.3) is 0 Å². The quantitative estimate of drug-likeness (QED) is 0.814. The molecule has 0 aliphatic carbocycles. The predicted molar refractivity (Wildman–Crippen MR) is 90.9 cm³/mol.